The monoisotopic (exact) mass is 423 g/mol. The third-order valence-corrected chi connectivity index (χ3v) is 1.27. The van der Waals surface area contributed by atoms with Crippen LogP contribution in [0.15, 0.2) is 15.8 Å². The molecule has 0 N–H and O–H groups in total. The van der Waals surface area contributed by atoms with Crippen LogP contribution in [-0.4, -0.2) is 9.13 Å². The molecule has 0 spiro atoms. The summed E-state index contributed by atoms with van der Waals surface area (Å²) in [6.07, 6.45) is 1.32. The van der Waals surface area contributed by atoms with Crippen LogP contribution in [0.1, 0.15) is 0 Å². The molecule has 92 valence electrons. The summed E-state index contributed by atoms with van der Waals surface area (Å²) < 4.78 is 2.29. The van der Waals surface area contributed by atoms with E-state index in [1.54, 1.807) is 27.0 Å². The van der Waals surface area contributed by atoms with Gasteiger partial charge in [0.1, 0.15) is 0 Å². The van der Waals surface area contributed by atoms with Crippen molar-refractivity contribution >= 4 is 9.19 Å². The van der Waals surface area contributed by atoms with Crippen LogP contribution >= 0.6 is 9.19 Å². The van der Waals surface area contributed by atoms with Gasteiger partial charge in [-0.1, -0.05) is 0 Å². The van der Waals surface area contributed by atoms with Gasteiger partial charge in [-0.15, -0.1) is 0 Å². The van der Waals surface area contributed by atoms with E-state index in [2.05, 4.69) is 15.3 Å². The minimum absolute atomic E-state index is 0.330. The second-order valence-electron chi connectivity index (χ2n) is 2.03. The summed E-state index contributed by atoms with van der Waals surface area (Å²) in [7, 11) is 7.57. The van der Waals surface area contributed by atoms with Crippen molar-refractivity contribution in [2.75, 3.05) is 0 Å². The number of aryl methyl sites for hydroxylation is 1. The van der Waals surface area contributed by atoms with Gasteiger partial charge >= 0.3 is 34.9 Å². The van der Waals surface area contributed by atoms with Crippen molar-refractivity contribution in [3.63, 3.8) is 0 Å². The van der Waals surface area contributed by atoms with Crippen LogP contribution in [-0.2, 0) is 34.1 Å². The molecule has 1 aromatic rings. The Bertz CT molecular complexity index is 429. The van der Waals surface area contributed by atoms with Crippen LogP contribution in [0, 0.1) is 29.7 Å². The summed E-state index contributed by atoms with van der Waals surface area (Å²) in [5.41, 5.74) is -0.730. The molecule has 0 saturated carbocycles. The first-order valence-corrected chi connectivity index (χ1v) is 6.02. The maximum atomic E-state index is 10.9. The fourth-order valence-electron chi connectivity index (χ4n) is 0.628. The van der Waals surface area contributed by atoms with Crippen molar-refractivity contribution in [3.05, 3.63) is 46.2 Å². The Morgan fingerprint density at radius 2 is 1.62 bits per heavy atom. The molecule has 0 fully saturated rings. The normalized spacial score (nSPS) is 6.81. The van der Waals surface area contributed by atoms with Gasteiger partial charge in [0.2, 0.25) is 0 Å². The summed E-state index contributed by atoms with van der Waals surface area (Å²) in [5, 5.41) is 12.5. The first-order chi connectivity index (χ1) is 7.63. The molecule has 1 rings (SSSR count). The van der Waals surface area contributed by atoms with E-state index >= 15 is 0 Å². The van der Waals surface area contributed by atoms with Crippen LogP contribution in [0.3, 0.4) is 0 Å². The van der Waals surface area contributed by atoms with E-state index in [9.17, 15) is 9.59 Å². The second kappa shape index (κ2) is 13.7. The van der Waals surface area contributed by atoms with E-state index in [0.717, 1.165) is 4.57 Å². The molecular formula is C8H7AuClN4O2-3. The molecule has 0 unspecified atom stereocenters. The summed E-state index contributed by atoms with van der Waals surface area (Å²) in [4.78, 5) is 21.6. The molecule has 6 nitrogen and oxygen atoms in total. The van der Waals surface area contributed by atoms with Crippen LogP contribution in [0.4, 0.5) is 0 Å². The summed E-state index contributed by atoms with van der Waals surface area (Å²) in [5.74, 6) is 0. The van der Waals surface area contributed by atoms with Gasteiger partial charge in [0.25, 0.3) is 0 Å². The summed E-state index contributed by atoms with van der Waals surface area (Å²) in [6, 6.07) is 2.38. The van der Waals surface area contributed by atoms with Gasteiger partial charge in [-0.2, -0.15) is 6.20 Å². The van der Waals surface area contributed by atoms with Crippen molar-refractivity contribution in [2.45, 2.75) is 0 Å². The average Bonchev–Trinajstić information content (AvgIpc) is 2.39. The first-order valence-electron chi connectivity index (χ1n) is 3.33. The van der Waals surface area contributed by atoms with E-state index < -0.39 is 5.56 Å². The number of nitrogens with zero attached hydrogens (tertiary/aromatic N) is 4. The zero-order valence-corrected chi connectivity index (χ0v) is 11.3. The zero-order valence-electron chi connectivity index (χ0n) is 8.36. The fourth-order valence-corrected chi connectivity index (χ4v) is 0.628. The third-order valence-electron chi connectivity index (χ3n) is 1.27. The van der Waals surface area contributed by atoms with Gasteiger partial charge in [0.05, 0.1) is 5.56 Å². The first kappa shape index (κ1) is 20.1. The van der Waals surface area contributed by atoms with Crippen molar-refractivity contribution in [2.24, 2.45) is 14.1 Å². The Balaban J connectivity index is -0.000000245. The van der Waals surface area contributed by atoms with E-state index in [0.29, 0.717) is 0 Å². The molecule has 0 bridgehead atoms. The number of hydrogen-bond donors (Lipinski definition) is 0. The Morgan fingerprint density at radius 3 is 1.94 bits per heavy atom. The van der Waals surface area contributed by atoms with Gasteiger partial charge in [-0.25, -0.2) is 4.79 Å². The third kappa shape index (κ3) is 7.04. The molecule has 1 aromatic heterocycles. The van der Waals surface area contributed by atoms with Gasteiger partial charge in [0, 0.05) is 14.1 Å². The Hall–Kier alpha value is -1.31. The molecule has 1 heterocycles. The number of halogens is 1. The van der Waals surface area contributed by atoms with Gasteiger partial charge in [-0.3, -0.25) is 4.57 Å². The van der Waals surface area contributed by atoms with Crippen LogP contribution in [0.5, 0.6) is 0 Å². The molecule has 0 aliphatic heterocycles. The van der Waals surface area contributed by atoms with E-state index in [1.165, 1.54) is 17.8 Å². The Labute approximate surface area is 109 Å². The van der Waals surface area contributed by atoms with Gasteiger partial charge < -0.3 is 39.1 Å². The molecule has 0 radical (unpaired) electrons. The molecule has 8 heteroatoms. The molecular weight excluding hydrogens is 417 g/mol. The quantitative estimate of drug-likeness (QED) is 0.425. The summed E-state index contributed by atoms with van der Waals surface area (Å²) in [6.45, 7) is 9.50. The van der Waals surface area contributed by atoms with Crippen LogP contribution in [0.25, 0.3) is 0 Å². The van der Waals surface area contributed by atoms with Gasteiger partial charge in [-0.05, 0) is 0 Å². The van der Waals surface area contributed by atoms with Crippen molar-refractivity contribution in [1.82, 2.24) is 9.13 Å². The number of rotatable bonds is 0. The Kier molecular flexibility index (Phi) is 17.2. The summed E-state index contributed by atoms with van der Waals surface area (Å²) >= 11 is 1.75. The zero-order chi connectivity index (χ0) is 13.7. The van der Waals surface area contributed by atoms with E-state index in [1.807, 2.05) is 0 Å². The topological polar surface area (TPSA) is 91.6 Å². The van der Waals surface area contributed by atoms with Gasteiger partial charge in [0.15, 0.2) is 0 Å². The molecule has 0 saturated heterocycles. The van der Waals surface area contributed by atoms with E-state index in [-0.39, 0.29) is 5.69 Å². The maximum absolute atomic E-state index is 10.9. The molecule has 0 atom stereocenters. The molecule has 0 aliphatic carbocycles. The molecule has 0 amide bonds. The predicted molar refractivity (Wildman–Crippen MR) is 51.5 cm³/mol. The van der Waals surface area contributed by atoms with Crippen LogP contribution < -0.4 is 11.2 Å². The standard InChI is InChI=1S/C6H7N2O2.2CN.Au.ClH/c1-7-4-3-5(9)8(2)6(7)10;2*1-2;;/h4H,1-2H3;;;;1H/q3*-1;+1;/p-1. The average molecular weight is 424 g/mol. The van der Waals surface area contributed by atoms with Crippen molar-refractivity contribution in [3.8, 4) is 0 Å². The SMILES string of the molecule is Cn1c[c-]c(=O)n(C)c1=O.[C-]#N.[C-]#N.[Cl][Au]. The fraction of sp³-hybridized carbons (Fsp3) is 0.250. The molecule has 0 aromatic carbocycles. The number of hydrogen-bond acceptors (Lipinski definition) is 4. The second-order valence-corrected chi connectivity index (χ2v) is 2.03. The van der Waals surface area contributed by atoms with Crippen molar-refractivity contribution < 1.29 is 20.0 Å². The minimum atomic E-state index is -0.400. The Morgan fingerprint density at radius 1 is 1.25 bits per heavy atom. The molecule has 0 aliphatic rings. The number of aromatic nitrogens is 2. The van der Waals surface area contributed by atoms with Crippen LogP contribution in [0.2, 0.25) is 0 Å². The molecule has 16 heavy (non-hydrogen) atoms. The predicted octanol–water partition coefficient (Wildman–Crippen LogP) is -0.236. The van der Waals surface area contributed by atoms with E-state index in [4.69, 9.17) is 23.7 Å². The van der Waals surface area contributed by atoms with Crippen molar-refractivity contribution in [1.29, 1.82) is 10.5 Å².